The summed E-state index contributed by atoms with van der Waals surface area (Å²) in [5, 5.41) is 13.3. The van der Waals surface area contributed by atoms with E-state index in [4.69, 9.17) is 9.72 Å². The van der Waals surface area contributed by atoms with Gasteiger partial charge >= 0.3 is 0 Å². The molecule has 0 radical (unpaired) electrons. The second-order valence-electron chi connectivity index (χ2n) is 16.1. The lowest BCUT2D eigenvalue weighted by Gasteiger charge is -2.32. The molecule has 2 unspecified atom stereocenters. The fraction of sp³-hybridized carbons (Fsp3) is 0.378. The number of piperidine rings is 2. The molecule has 3 saturated heterocycles. The number of rotatable bonds is 12. The zero-order valence-electron chi connectivity index (χ0n) is 33.9. The van der Waals surface area contributed by atoms with Crippen LogP contribution in [0.25, 0.3) is 33.4 Å². The maximum Gasteiger partial charge on any atom is 0.264 e. The highest BCUT2D eigenvalue weighted by atomic mass is 19.1. The van der Waals surface area contributed by atoms with Gasteiger partial charge in [0.15, 0.2) is 0 Å². The molecule has 15 nitrogen and oxygen atoms in total. The van der Waals surface area contributed by atoms with Gasteiger partial charge in [0, 0.05) is 80.6 Å². The number of fused-ring (bicyclic) bond motifs is 2. The van der Waals surface area contributed by atoms with Crippen LogP contribution in [0, 0.1) is 11.6 Å². The molecule has 0 aliphatic carbocycles. The molecule has 3 fully saturated rings. The van der Waals surface area contributed by atoms with E-state index in [2.05, 4.69) is 26.0 Å². The first kappa shape index (κ1) is 40.9. The fourth-order valence-electron chi connectivity index (χ4n) is 8.83. The van der Waals surface area contributed by atoms with Crippen molar-refractivity contribution in [3.63, 3.8) is 0 Å². The van der Waals surface area contributed by atoms with E-state index in [-0.39, 0.29) is 54.0 Å². The van der Waals surface area contributed by atoms with Crippen molar-refractivity contribution in [1.82, 2.24) is 40.2 Å². The van der Waals surface area contributed by atoms with E-state index in [1.54, 1.807) is 42.7 Å². The lowest BCUT2D eigenvalue weighted by atomic mass is 9.98. The topological polar surface area (TPSA) is 181 Å². The molecular weight excluding hydrogens is 801 g/mol. The van der Waals surface area contributed by atoms with Crippen LogP contribution in [-0.4, -0.2) is 111 Å². The summed E-state index contributed by atoms with van der Waals surface area (Å²) < 4.78 is 38.3. The van der Waals surface area contributed by atoms with Crippen molar-refractivity contribution in [1.29, 1.82) is 0 Å². The normalized spacial score (nSPS) is 19.6. The van der Waals surface area contributed by atoms with Crippen molar-refractivity contribution in [2.45, 2.75) is 69.6 Å². The second-order valence-corrected chi connectivity index (χ2v) is 16.1. The van der Waals surface area contributed by atoms with Gasteiger partial charge in [-0.3, -0.25) is 43.9 Å². The minimum Gasteiger partial charge on any atom is -0.384 e. The number of carbonyl (C=O) groups excluding carboxylic acids is 5. The fourth-order valence-corrected chi connectivity index (χ4v) is 8.83. The maximum absolute atomic E-state index is 15.4. The summed E-state index contributed by atoms with van der Waals surface area (Å²) in [6.07, 6.45) is 8.36. The van der Waals surface area contributed by atoms with Crippen LogP contribution < -0.4 is 16.0 Å². The van der Waals surface area contributed by atoms with E-state index in [1.165, 1.54) is 12.1 Å². The van der Waals surface area contributed by atoms with E-state index in [1.807, 2.05) is 21.8 Å². The van der Waals surface area contributed by atoms with E-state index in [0.29, 0.717) is 92.1 Å². The Labute approximate surface area is 355 Å². The largest absolute Gasteiger partial charge is 0.384 e. The molecule has 3 N–H and O–H groups in total. The Morgan fingerprint density at radius 3 is 2.48 bits per heavy atom. The average molecular weight is 846 g/mol. The lowest BCUT2D eigenvalue weighted by Crippen LogP contribution is -2.54. The molecule has 3 aromatic carbocycles. The Balaban J connectivity index is 0.771. The molecule has 5 amide bonds. The van der Waals surface area contributed by atoms with E-state index < -0.39 is 41.3 Å². The number of nitrogens with zero attached hydrogens (tertiary/aromatic N) is 6. The molecule has 2 atom stereocenters. The summed E-state index contributed by atoms with van der Waals surface area (Å²) in [6, 6.07) is 12.0. The van der Waals surface area contributed by atoms with E-state index in [9.17, 15) is 24.0 Å². The summed E-state index contributed by atoms with van der Waals surface area (Å²) in [4.78, 5) is 76.1. The van der Waals surface area contributed by atoms with Crippen LogP contribution in [0.1, 0.15) is 77.3 Å². The number of aromatic nitrogens is 4. The minimum absolute atomic E-state index is 0.00161. The van der Waals surface area contributed by atoms with Gasteiger partial charge in [0.05, 0.1) is 59.0 Å². The number of carbonyl (C=O) groups is 5. The van der Waals surface area contributed by atoms with Crippen LogP contribution in [0.4, 0.5) is 14.5 Å². The highest BCUT2D eigenvalue weighted by Crippen LogP contribution is 2.34. The molecule has 0 bridgehead atoms. The molecule has 6 heterocycles. The Morgan fingerprint density at radius 2 is 1.71 bits per heavy atom. The molecule has 9 rings (SSSR count). The molecular formula is C45H45F2N9O6. The first-order chi connectivity index (χ1) is 30.1. The number of nitrogens with one attached hydrogen (secondary N) is 3. The number of para-hydroxylation sites is 1. The Hall–Kier alpha value is -6.46. The molecule has 0 spiro atoms. The van der Waals surface area contributed by atoms with Gasteiger partial charge in [-0.2, -0.15) is 5.10 Å². The third kappa shape index (κ3) is 8.16. The lowest BCUT2D eigenvalue weighted by molar-refractivity contribution is -0.136. The Kier molecular flexibility index (Phi) is 11.5. The van der Waals surface area contributed by atoms with Gasteiger partial charge in [0.2, 0.25) is 17.7 Å². The van der Waals surface area contributed by atoms with Crippen LogP contribution in [0.5, 0.6) is 0 Å². The first-order valence-electron chi connectivity index (χ1n) is 21.1. The van der Waals surface area contributed by atoms with Crippen LogP contribution in [-0.2, 0) is 25.5 Å². The summed E-state index contributed by atoms with van der Waals surface area (Å²) in [7, 11) is 0. The van der Waals surface area contributed by atoms with Crippen molar-refractivity contribution in [3.8, 4) is 22.4 Å². The third-order valence-corrected chi connectivity index (χ3v) is 12.2. The first-order valence-corrected chi connectivity index (χ1v) is 21.1. The highest BCUT2D eigenvalue weighted by molar-refractivity contribution is 6.25. The van der Waals surface area contributed by atoms with Gasteiger partial charge in [0.1, 0.15) is 17.7 Å². The zero-order chi connectivity index (χ0) is 42.9. The molecule has 5 aromatic rings. The number of hydrogen-bond acceptors (Lipinski definition) is 11. The number of imide groups is 2. The van der Waals surface area contributed by atoms with E-state index in [0.717, 1.165) is 23.3 Å². The predicted molar refractivity (Wildman–Crippen MR) is 223 cm³/mol. The third-order valence-electron chi connectivity index (χ3n) is 12.2. The second kappa shape index (κ2) is 17.5. The van der Waals surface area contributed by atoms with Gasteiger partial charge in [-0.05, 0) is 68.0 Å². The number of unbranched alkanes of at least 4 members (excludes halogenated alkanes) is 1. The quantitative estimate of drug-likeness (QED) is 0.116. The van der Waals surface area contributed by atoms with Gasteiger partial charge in [-0.25, -0.2) is 13.8 Å². The van der Waals surface area contributed by atoms with Crippen LogP contribution in [0.2, 0.25) is 0 Å². The average Bonchev–Trinajstić information content (AvgIpc) is 3.88. The number of halogens is 2. The predicted octanol–water partition coefficient (Wildman–Crippen LogP) is 4.82. The Morgan fingerprint density at radius 1 is 0.919 bits per heavy atom. The van der Waals surface area contributed by atoms with Gasteiger partial charge in [0.25, 0.3) is 11.8 Å². The summed E-state index contributed by atoms with van der Waals surface area (Å²) >= 11 is 0. The van der Waals surface area contributed by atoms with Gasteiger partial charge in [-0.1, -0.05) is 18.2 Å². The monoisotopic (exact) mass is 845 g/mol. The molecule has 62 heavy (non-hydrogen) atoms. The summed E-state index contributed by atoms with van der Waals surface area (Å²) in [6.45, 7) is 3.39. The number of anilines is 1. The minimum atomic E-state index is -1.04. The van der Waals surface area contributed by atoms with Crippen LogP contribution >= 0.6 is 0 Å². The van der Waals surface area contributed by atoms with Gasteiger partial charge in [-0.15, -0.1) is 0 Å². The molecule has 320 valence electrons. The van der Waals surface area contributed by atoms with Crippen molar-refractivity contribution in [2.75, 3.05) is 44.6 Å². The number of morpholine rings is 1. The molecule has 0 saturated carbocycles. The molecule has 17 heteroatoms. The van der Waals surface area contributed by atoms with Crippen molar-refractivity contribution in [3.05, 3.63) is 95.4 Å². The smallest absolute Gasteiger partial charge is 0.264 e. The number of likely N-dealkylation sites (tertiary alicyclic amines) is 1. The molecule has 4 aliphatic heterocycles. The highest BCUT2D eigenvalue weighted by Gasteiger charge is 2.45. The number of benzene rings is 3. The molecule has 2 aromatic heterocycles. The number of amides is 5. The molecule has 4 aliphatic rings. The zero-order valence-corrected chi connectivity index (χ0v) is 33.9. The summed E-state index contributed by atoms with van der Waals surface area (Å²) in [5.74, 6) is -3.41. The number of hydrogen-bond donors (Lipinski definition) is 3. The van der Waals surface area contributed by atoms with Crippen molar-refractivity contribution in [2.24, 2.45) is 0 Å². The number of ether oxygens (including phenoxy) is 1. The van der Waals surface area contributed by atoms with Gasteiger partial charge < -0.3 is 20.3 Å². The standard InChI is InChI=1S/C45H45F2N9O6/c46-33-19-26(20-34(47)32(33)21-29-23-48-15-18-62-29)30-5-3-8-36-42(30)52-37(24-50-36)27-22-51-55(25-27)28-12-16-54(17-13-28)40(58)9-1-2-14-49-35-7-4-6-31-41(35)45(61)56(44(31)60)38-10-11-39(57)53-43(38)59/h3-8,19-20,22,24-25,28-29,38,48-49H,1-2,9-18,21,23H2,(H,53,57,59). The summed E-state index contributed by atoms with van der Waals surface area (Å²) in [5.41, 5.74) is 4.25. The van der Waals surface area contributed by atoms with E-state index >= 15 is 8.78 Å². The Bertz CT molecular complexity index is 2560. The van der Waals surface area contributed by atoms with Crippen molar-refractivity contribution >= 4 is 46.3 Å². The van der Waals surface area contributed by atoms with Crippen LogP contribution in [0.3, 0.4) is 0 Å². The maximum atomic E-state index is 15.4. The SMILES string of the molecule is O=C1CCC(N2C(=O)c3cccc(NCCCCC(=O)N4CCC(n5cc(-c6cnc7cccc(-c8cc(F)c(CC9CNCCO9)c(F)c8)c7n6)cn5)CC4)c3C2=O)C(=O)N1. The van der Waals surface area contributed by atoms with Crippen LogP contribution in [0.15, 0.2) is 67.1 Å². The van der Waals surface area contributed by atoms with Crippen molar-refractivity contribution < 1.29 is 37.5 Å².